The zero-order chi connectivity index (χ0) is 13.7. The van der Waals surface area contributed by atoms with E-state index in [1.54, 1.807) is 13.0 Å². The molecule has 1 amide bonds. The van der Waals surface area contributed by atoms with Crippen LogP contribution in [0, 0.1) is 0 Å². The van der Waals surface area contributed by atoms with Crippen LogP contribution >= 0.6 is 0 Å². The molecule has 1 unspecified atom stereocenters. The summed E-state index contributed by atoms with van der Waals surface area (Å²) in [6, 6.07) is 0.352. The molecule has 0 aromatic carbocycles. The van der Waals surface area contributed by atoms with Gasteiger partial charge in [-0.2, -0.15) is 5.10 Å². The quantitative estimate of drug-likeness (QED) is 0.519. The van der Waals surface area contributed by atoms with E-state index in [4.69, 9.17) is 5.73 Å². The summed E-state index contributed by atoms with van der Waals surface area (Å²) in [5.74, 6) is -0.796. The third kappa shape index (κ3) is 3.56. The van der Waals surface area contributed by atoms with Gasteiger partial charge >= 0.3 is 5.97 Å². The molecule has 1 rings (SSSR count). The van der Waals surface area contributed by atoms with Gasteiger partial charge in [-0.05, 0) is 12.8 Å². The molecule has 0 aliphatic rings. The fourth-order valence-electron chi connectivity index (χ4n) is 1.24. The minimum Gasteiger partial charge on any atom is -0.464 e. The molecule has 0 aliphatic carbocycles. The van der Waals surface area contributed by atoms with E-state index >= 15 is 0 Å². The fourth-order valence-corrected chi connectivity index (χ4v) is 1.24. The molecule has 100 valence electrons. The molecule has 7 nitrogen and oxygen atoms in total. The first-order chi connectivity index (χ1) is 8.45. The Labute approximate surface area is 105 Å². The second-order valence-corrected chi connectivity index (χ2v) is 4.08. The zero-order valence-corrected chi connectivity index (χ0v) is 10.7. The Morgan fingerprint density at radius 3 is 2.72 bits per heavy atom. The number of aromatic nitrogens is 2. The second-order valence-electron chi connectivity index (χ2n) is 4.08. The van der Waals surface area contributed by atoms with E-state index in [1.165, 1.54) is 0 Å². The minimum absolute atomic E-state index is 0.180. The van der Waals surface area contributed by atoms with Crippen LogP contribution in [0.1, 0.15) is 32.4 Å². The van der Waals surface area contributed by atoms with Gasteiger partial charge in [-0.25, -0.2) is 4.79 Å². The number of nitrogens with zero attached hydrogens (tertiary/aromatic N) is 1. The third-order valence-electron chi connectivity index (χ3n) is 2.29. The summed E-state index contributed by atoms with van der Waals surface area (Å²) < 4.78 is 4.65. The average Bonchev–Trinajstić information content (AvgIpc) is 2.77. The molecule has 18 heavy (non-hydrogen) atoms. The van der Waals surface area contributed by atoms with Crippen LogP contribution in [0.15, 0.2) is 6.07 Å². The molecule has 0 spiro atoms. The molecule has 0 fully saturated rings. The van der Waals surface area contributed by atoms with E-state index in [1.807, 2.05) is 13.8 Å². The Hall–Kier alpha value is -1.89. The summed E-state index contributed by atoms with van der Waals surface area (Å²) in [5.41, 5.74) is 6.32. The number of carbonyl (C=O) groups excluding carboxylic acids is 2. The van der Waals surface area contributed by atoms with Crippen LogP contribution in [0.3, 0.4) is 0 Å². The van der Waals surface area contributed by atoms with Gasteiger partial charge in [0.2, 0.25) is 0 Å². The number of hydrogen-bond acceptors (Lipinski definition) is 5. The number of esters is 1. The van der Waals surface area contributed by atoms with Gasteiger partial charge in [0, 0.05) is 11.8 Å². The Morgan fingerprint density at radius 2 is 2.22 bits per heavy atom. The monoisotopic (exact) mass is 254 g/mol. The lowest BCUT2D eigenvalue weighted by molar-refractivity contribution is -0.146. The van der Waals surface area contributed by atoms with Crippen molar-refractivity contribution in [2.24, 2.45) is 5.73 Å². The van der Waals surface area contributed by atoms with Crippen LogP contribution < -0.4 is 11.1 Å². The van der Waals surface area contributed by atoms with E-state index in [9.17, 15) is 9.59 Å². The summed E-state index contributed by atoms with van der Waals surface area (Å²) in [4.78, 5) is 22.9. The normalized spacial score (nSPS) is 12.3. The minimum atomic E-state index is -1.34. The van der Waals surface area contributed by atoms with Crippen molar-refractivity contribution in [3.63, 3.8) is 0 Å². The van der Waals surface area contributed by atoms with Gasteiger partial charge < -0.3 is 15.8 Å². The van der Waals surface area contributed by atoms with E-state index in [-0.39, 0.29) is 12.5 Å². The van der Waals surface area contributed by atoms with Crippen LogP contribution in [-0.2, 0) is 14.3 Å². The van der Waals surface area contributed by atoms with E-state index in [2.05, 4.69) is 20.3 Å². The first kappa shape index (κ1) is 14.2. The molecule has 0 radical (unpaired) electrons. The van der Waals surface area contributed by atoms with Crippen LogP contribution in [0.25, 0.3) is 0 Å². The summed E-state index contributed by atoms with van der Waals surface area (Å²) in [7, 11) is 0. The number of amides is 1. The SMILES string of the molecule is CCOC(=O)C(N)C(=O)Nc1cc(C(C)C)[nH]n1. The van der Waals surface area contributed by atoms with E-state index in [0.717, 1.165) is 5.69 Å². The Kier molecular flexibility index (Phi) is 4.85. The zero-order valence-electron chi connectivity index (χ0n) is 10.7. The predicted molar refractivity (Wildman–Crippen MR) is 65.9 cm³/mol. The molecule has 7 heteroatoms. The van der Waals surface area contributed by atoms with Crippen molar-refractivity contribution in [2.45, 2.75) is 32.7 Å². The number of carbonyl (C=O) groups is 2. The maximum Gasteiger partial charge on any atom is 0.332 e. The number of nitrogens with two attached hydrogens (primary N) is 1. The van der Waals surface area contributed by atoms with Gasteiger partial charge in [-0.3, -0.25) is 9.89 Å². The highest BCUT2D eigenvalue weighted by Crippen LogP contribution is 2.14. The van der Waals surface area contributed by atoms with Crippen molar-refractivity contribution in [3.05, 3.63) is 11.8 Å². The van der Waals surface area contributed by atoms with Gasteiger partial charge in [0.15, 0.2) is 11.9 Å². The highest BCUT2D eigenvalue weighted by atomic mass is 16.5. The molecule has 0 saturated carbocycles. The maximum absolute atomic E-state index is 11.6. The lowest BCUT2D eigenvalue weighted by Crippen LogP contribution is -2.43. The summed E-state index contributed by atoms with van der Waals surface area (Å²) >= 11 is 0. The van der Waals surface area contributed by atoms with Crippen LogP contribution in [-0.4, -0.2) is 34.7 Å². The Bertz CT molecular complexity index is 428. The number of nitrogens with one attached hydrogen (secondary N) is 2. The highest BCUT2D eigenvalue weighted by Gasteiger charge is 2.24. The number of hydrogen-bond donors (Lipinski definition) is 3. The van der Waals surface area contributed by atoms with Gasteiger partial charge in [0.25, 0.3) is 5.91 Å². The van der Waals surface area contributed by atoms with Gasteiger partial charge in [-0.1, -0.05) is 13.8 Å². The molecule has 4 N–H and O–H groups in total. The fraction of sp³-hybridized carbons (Fsp3) is 0.545. The average molecular weight is 254 g/mol. The first-order valence-electron chi connectivity index (χ1n) is 5.74. The number of rotatable bonds is 5. The standard InChI is InChI=1S/C11H18N4O3/c1-4-18-11(17)9(12)10(16)13-8-5-7(6(2)3)14-15-8/h5-6,9H,4,12H2,1-3H3,(H2,13,14,15,16). The largest absolute Gasteiger partial charge is 0.464 e. The lowest BCUT2D eigenvalue weighted by Gasteiger charge is -2.09. The molecule has 1 aromatic rings. The highest BCUT2D eigenvalue weighted by molar-refractivity contribution is 6.07. The molecular weight excluding hydrogens is 236 g/mol. The predicted octanol–water partition coefficient (Wildman–Crippen LogP) is 0.362. The number of H-pyrrole nitrogens is 1. The van der Waals surface area contributed by atoms with Crippen molar-refractivity contribution in [3.8, 4) is 0 Å². The van der Waals surface area contributed by atoms with Crippen molar-refractivity contribution >= 4 is 17.7 Å². The first-order valence-corrected chi connectivity index (χ1v) is 5.74. The smallest absolute Gasteiger partial charge is 0.332 e. The lowest BCUT2D eigenvalue weighted by atomic mass is 10.1. The van der Waals surface area contributed by atoms with E-state index in [0.29, 0.717) is 5.82 Å². The topological polar surface area (TPSA) is 110 Å². The summed E-state index contributed by atoms with van der Waals surface area (Å²) in [6.45, 7) is 5.80. The van der Waals surface area contributed by atoms with E-state index < -0.39 is 17.9 Å². The summed E-state index contributed by atoms with van der Waals surface area (Å²) in [5, 5.41) is 9.13. The summed E-state index contributed by atoms with van der Waals surface area (Å²) in [6.07, 6.45) is 0. The number of ether oxygens (including phenoxy) is 1. The van der Waals surface area contributed by atoms with Crippen molar-refractivity contribution in [1.82, 2.24) is 10.2 Å². The van der Waals surface area contributed by atoms with Gasteiger partial charge in [0.1, 0.15) is 0 Å². The molecule has 0 bridgehead atoms. The van der Waals surface area contributed by atoms with Crippen molar-refractivity contribution in [2.75, 3.05) is 11.9 Å². The molecular formula is C11H18N4O3. The van der Waals surface area contributed by atoms with Gasteiger partial charge in [0.05, 0.1) is 6.61 Å². The van der Waals surface area contributed by atoms with Crippen LogP contribution in [0.2, 0.25) is 0 Å². The van der Waals surface area contributed by atoms with Crippen molar-refractivity contribution < 1.29 is 14.3 Å². The number of aromatic amines is 1. The van der Waals surface area contributed by atoms with Crippen molar-refractivity contribution in [1.29, 1.82) is 0 Å². The Morgan fingerprint density at radius 1 is 1.56 bits per heavy atom. The molecule has 0 saturated heterocycles. The van der Waals surface area contributed by atoms with Crippen LogP contribution in [0.4, 0.5) is 5.82 Å². The second kappa shape index (κ2) is 6.15. The molecule has 1 atom stereocenters. The maximum atomic E-state index is 11.6. The van der Waals surface area contributed by atoms with Gasteiger partial charge in [-0.15, -0.1) is 0 Å². The number of anilines is 1. The molecule has 1 heterocycles. The molecule has 0 aliphatic heterocycles. The Balaban J connectivity index is 2.60. The third-order valence-corrected chi connectivity index (χ3v) is 2.29. The molecule has 1 aromatic heterocycles. The van der Waals surface area contributed by atoms with Crippen LogP contribution in [0.5, 0.6) is 0 Å².